The average molecular weight is 321 g/mol. The minimum Gasteiger partial charge on any atom is -0.368 e. The lowest BCUT2D eigenvalue weighted by molar-refractivity contribution is -0.119. The first-order valence-electron chi connectivity index (χ1n) is 7.62. The lowest BCUT2D eigenvalue weighted by atomic mass is 10.1. The Bertz CT molecular complexity index is 661. The van der Waals surface area contributed by atoms with Gasteiger partial charge in [0.1, 0.15) is 0 Å². The third-order valence-electron chi connectivity index (χ3n) is 4.13. The second-order valence-electron chi connectivity index (χ2n) is 5.68. The molecule has 118 valence electrons. The number of aromatic amines is 1. The van der Waals surface area contributed by atoms with Crippen LogP contribution in [0.15, 0.2) is 24.4 Å². The first kappa shape index (κ1) is 15.2. The van der Waals surface area contributed by atoms with Crippen LogP contribution in [0.1, 0.15) is 6.92 Å². The van der Waals surface area contributed by atoms with E-state index in [0.29, 0.717) is 6.54 Å². The van der Waals surface area contributed by atoms with Crippen LogP contribution in [0.25, 0.3) is 10.9 Å². The van der Waals surface area contributed by atoms with Crippen molar-refractivity contribution in [2.45, 2.75) is 6.92 Å². The SMILES string of the molecule is CC(=O)NCCN1CCN(c2cc(Cl)cc3[nH]ccc23)CC1. The van der Waals surface area contributed by atoms with Crippen molar-refractivity contribution < 1.29 is 4.79 Å². The van der Waals surface area contributed by atoms with Gasteiger partial charge in [0.15, 0.2) is 0 Å². The van der Waals surface area contributed by atoms with Gasteiger partial charge in [-0.15, -0.1) is 0 Å². The smallest absolute Gasteiger partial charge is 0.216 e. The number of hydrogen-bond acceptors (Lipinski definition) is 3. The van der Waals surface area contributed by atoms with Crippen LogP contribution in [0.5, 0.6) is 0 Å². The zero-order valence-electron chi connectivity index (χ0n) is 12.7. The number of rotatable bonds is 4. The second-order valence-corrected chi connectivity index (χ2v) is 6.11. The summed E-state index contributed by atoms with van der Waals surface area (Å²) < 4.78 is 0. The molecular weight excluding hydrogens is 300 g/mol. The van der Waals surface area contributed by atoms with Crippen LogP contribution < -0.4 is 10.2 Å². The van der Waals surface area contributed by atoms with Gasteiger partial charge >= 0.3 is 0 Å². The Labute approximate surface area is 135 Å². The summed E-state index contributed by atoms with van der Waals surface area (Å²) in [7, 11) is 0. The molecule has 5 nitrogen and oxygen atoms in total. The summed E-state index contributed by atoms with van der Waals surface area (Å²) in [5.41, 5.74) is 2.28. The summed E-state index contributed by atoms with van der Waals surface area (Å²) in [6.45, 7) is 7.12. The fourth-order valence-electron chi connectivity index (χ4n) is 2.98. The number of aromatic nitrogens is 1. The first-order chi connectivity index (χ1) is 10.6. The maximum atomic E-state index is 10.9. The fraction of sp³-hybridized carbons (Fsp3) is 0.438. The molecule has 0 atom stereocenters. The Morgan fingerprint density at radius 3 is 2.82 bits per heavy atom. The number of amides is 1. The number of fused-ring (bicyclic) bond motifs is 1. The van der Waals surface area contributed by atoms with E-state index in [2.05, 4.69) is 26.2 Å². The minimum atomic E-state index is 0.0346. The third-order valence-corrected chi connectivity index (χ3v) is 4.34. The van der Waals surface area contributed by atoms with E-state index in [-0.39, 0.29) is 5.91 Å². The highest BCUT2D eigenvalue weighted by Crippen LogP contribution is 2.30. The van der Waals surface area contributed by atoms with E-state index >= 15 is 0 Å². The standard InChI is InChI=1S/C16H21ClN4O/c1-12(22)18-4-5-20-6-8-21(9-7-20)16-11-13(17)10-15-14(16)2-3-19-15/h2-3,10-11,19H,4-9H2,1H3,(H,18,22). The molecule has 1 saturated heterocycles. The largest absolute Gasteiger partial charge is 0.368 e. The summed E-state index contributed by atoms with van der Waals surface area (Å²) in [6, 6.07) is 6.11. The predicted molar refractivity (Wildman–Crippen MR) is 90.6 cm³/mol. The number of H-pyrrole nitrogens is 1. The Kier molecular flexibility index (Phi) is 4.55. The molecule has 1 amide bonds. The zero-order chi connectivity index (χ0) is 15.5. The lowest BCUT2D eigenvalue weighted by Gasteiger charge is -2.36. The van der Waals surface area contributed by atoms with Crippen molar-refractivity contribution in [1.29, 1.82) is 0 Å². The van der Waals surface area contributed by atoms with Crippen molar-refractivity contribution >= 4 is 34.1 Å². The Hall–Kier alpha value is -1.72. The van der Waals surface area contributed by atoms with Crippen molar-refractivity contribution in [1.82, 2.24) is 15.2 Å². The molecule has 1 aliphatic rings. The van der Waals surface area contributed by atoms with Gasteiger partial charge in [-0.05, 0) is 18.2 Å². The van der Waals surface area contributed by atoms with E-state index in [1.54, 1.807) is 6.92 Å². The topological polar surface area (TPSA) is 51.4 Å². The molecule has 22 heavy (non-hydrogen) atoms. The summed E-state index contributed by atoms with van der Waals surface area (Å²) in [5, 5.41) is 4.83. The van der Waals surface area contributed by atoms with Gasteiger partial charge in [-0.1, -0.05) is 11.6 Å². The van der Waals surface area contributed by atoms with Crippen LogP contribution in [0, 0.1) is 0 Å². The minimum absolute atomic E-state index is 0.0346. The Morgan fingerprint density at radius 1 is 1.32 bits per heavy atom. The maximum absolute atomic E-state index is 10.9. The fourth-order valence-corrected chi connectivity index (χ4v) is 3.19. The molecule has 0 saturated carbocycles. The molecule has 1 aliphatic heterocycles. The van der Waals surface area contributed by atoms with E-state index in [1.165, 1.54) is 11.1 Å². The molecule has 2 aromatic rings. The average Bonchev–Trinajstić information content (AvgIpc) is 2.95. The van der Waals surface area contributed by atoms with Crippen LogP contribution in [-0.4, -0.2) is 55.1 Å². The second kappa shape index (κ2) is 6.58. The molecule has 6 heteroatoms. The summed E-state index contributed by atoms with van der Waals surface area (Å²) in [4.78, 5) is 18.9. The molecule has 0 spiro atoms. The molecule has 0 radical (unpaired) electrons. The lowest BCUT2D eigenvalue weighted by Crippen LogP contribution is -2.48. The van der Waals surface area contributed by atoms with Crippen molar-refractivity contribution in [3.05, 3.63) is 29.4 Å². The molecular formula is C16H21ClN4O. The monoisotopic (exact) mass is 320 g/mol. The van der Waals surface area contributed by atoms with Gasteiger partial charge in [0.05, 0.1) is 0 Å². The molecule has 0 unspecified atom stereocenters. The molecule has 1 fully saturated rings. The van der Waals surface area contributed by atoms with Crippen LogP contribution >= 0.6 is 11.6 Å². The highest BCUT2D eigenvalue weighted by atomic mass is 35.5. The van der Waals surface area contributed by atoms with Crippen LogP contribution in [-0.2, 0) is 4.79 Å². The predicted octanol–water partition coefficient (Wildman–Crippen LogP) is 2.08. The molecule has 2 heterocycles. The maximum Gasteiger partial charge on any atom is 0.216 e. The number of nitrogens with zero attached hydrogens (tertiary/aromatic N) is 2. The van der Waals surface area contributed by atoms with E-state index in [1.807, 2.05) is 18.3 Å². The highest BCUT2D eigenvalue weighted by Gasteiger charge is 2.19. The quantitative estimate of drug-likeness (QED) is 0.907. The highest BCUT2D eigenvalue weighted by molar-refractivity contribution is 6.31. The van der Waals surface area contributed by atoms with Gasteiger partial charge in [0, 0.05) is 74.0 Å². The van der Waals surface area contributed by atoms with E-state index in [4.69, 9.17) is 11.6 Å². The van der Waals surface area contributed by atoms with Gasteiger partial charge in [-0.3, -0.25) is 9.69 Å². The summed E-state index contributed by atoms with van der Waals surface area (Å²) in [6.07, 6.45) is 1.95. The van der Waals surface area contributed by atoms with Crippen molar-refractivity contribution in [2.75, 3.05) is 44.2 Å². The van der Waals surface area contributed by atoms with Crippen LogP contribution in [0.2, 0.25) is 5.02 Å². The number of halogens is 1. The molecule has 0 bridgehead atoms. The Morgan fingerprint density at radius 2 is 2.09 bits per heavy atom. The normalized spacial score (nSPS) is 16.2. The van der Waals surface area contributed by atoms with Gasteiger partial charge in [0.2, 0.25) is 5.91 Å². The van der Waals surface area contributed by atoms with Crippen LogP contribution in [0.3, 0.4) is 0 Å². The molecule has 0 aliphatic carbocycles. The number of carbonyl (C=O) groups is 1. The molecule has 1 aromatic carbocycles. The molecule has 2 N–H and O–H groups in total. The van der Waals surface area contributed by atoms with E-state index in [9.17, 15) is 4.79 Å². The number of hydrogen-bond donors (Lipinski definition) is 2. The third kappa shape index (κ3) is 3.36. The van der Waals surface area contributed by atoms with Gasteiger partial charge in [-0.2, -0.15) is 0 Å². The first-order valence-corrected chi connectivity index (χ1v) is 7.99. The zero-order valence-corrected chi connectivity index (χ0v) is 13.5. The van der Waals surface area contributed by atoms with Gasteiger partial charge < -0.3 is 15.2 Å². The molecule has 3 rings (SSSR count). The van der Waals surface area contributed by atoms with Gasteiger partial charge in [0.25, 0.3) is 0 Å². The van der Waals surface area contributed by atoms with Crippen molar-refractivity contribution in [3.63, 3.8) is 0 Å². The number of benzene rings is 1. The Balaban J connectivity index is 1.63. The summed E-state index contributed by atoms with van der Waals surface area (Å²) >= 11 is 6.23. The van der Waals surface area contributed by atoms with Crippen molar-refractivity contribution in [2.24, 2.45) is 0 Å². The number of piperazine rings is 1. The van der Waals surface area contributed by atoms with Gasteiger partial charge in [-0.25, -0.2) is 0 Å². The molecule has 1 aromatic heterocycles. The van der Waals surface area contributed by atoms with Crippen LogP contribution in [0.4, 0.5) is 5.69 Å². The van der Waals surface area contributed by atoms with E-state index in [0.717, 1.165) is 43.3 Å². The number of nitrogens with one attached hydrogen (secondary N) is 2. The number of anilines is 1. The van der Waals surface area contributed by atoms with Crippen molar-refractivity contribution in [3.8, 4) is 0 Å². The number of carbonyl (C=O) groups excluding carboxylic acids is 1. The summed E-state index contributed by atoms with van der Waals surface area (Å²) in [5.74, 6) is 0.0346. The van der Waals surface area contributed by atoms with E-state index < -0.39 is 0 Å².